The number of hydrogen-bond donors (Lipinski definition) is 2. The average molecular weight is 404 g/mol. The molecule has 0 aliphatic rings. The predicted molar refractivity (Wildman–Crippen MR) is 105 cm³/mol. The van der Waals surface area contributed by atoms with E-state index in [1.165, 1.54) is 22.9 Å². The highest BCUT2D eigenvalue weighted by Crippen LogP contribution is 2.29. The molecule has 2 aromatic rings. The number of rotatable bonds is 8. The molecular weight excluding hydrogens is 383 g/mol. The van der Waals surface area contributed by atoms with E-state index in [0.29, 0.717) is 6.42 Å². The number of hydrogen-bond acceptors (Lipinski definition) is 4. The van der Waals surface area contributed by atoms with Gasteiger partial charge in [0.05, 0.1) is 12.2 Å². The molecule has 7 nitrogen and oxygen atoms in total. The SMILES string of the molecule is C=CC(C)CCOc1c(S(N)=O)cn(C)c1C(=O)Nc1ccc(F)c(C#N)c1. The smallest absolute Gasteiger partial charge is 0.276 e. The summed E-state index contributed by atoms with van der Waals surface area (Å²) in [6, 6.07) is 5.37. The molecule has 28 heavy (non-hydrogen) atoms. The zero-order chi connectivity index (χ0) is 20.8. The number of carbonyl (C=O) groups excluding carboxylic acids is 1. The lowest BCUT2D eigenvalue weighted by atomic mass is 10.1. The number of halogens is 1. The number of anilines is 1. The van der Waals surface area contributed by atoms with Gasteiger partial charge in [-0.15, -0.1) is 6.58 Å². The third-order valence-electron chi connectivity index (χ3n) is 4.10. The summed E-state index contributed by atoms with van der Waals surface area (Å²) >= 11 is 0. The van der Waals surface area contributed by atoms with Crippen molar-refractivity contribution in [1.29, 1.82) is 5.26 Å². The predicted octanol–water partition coefficient (Wildman–Crippen LogP) is 2.86. The monoisotopic (exact) mass is 404 g/mol. The van der Waals surface area contributed by atoms with E-state index in [9.17, 15) is 13.4 Å². The number of aromatic nitrogens is 1. The van der Waals surface area contributed by atoms with Crippen LogP contribution in [-0.2, 0) is 18.0 Å². The van der Waals surface area contributed by atoms with E-state index in [2.05, 4.69) is 11.9 Å². The molecule has 0 saturated heterocycles. The van der Waals surface area contributed by atoms with E-state index in [-0.39, 0.29) is 40.1 Å². The Bertz CT molecular complexity index is 965. The van der Waals surface area contributed by atoms with Gasteiger partial charge in [0.1, 0.15) is 27.8 Å². The minimum absolute atomic E-state index is 0.114. The van der Waals surface area contributed by atoms with Crippen LogP contribution in [0.1, 0.15) is 29.4 Å². The van der Waals surface area contributed by atoms with Gasteiger partial charge in [0, 0.05) is 18.9 Å². The summed E-state index contributed by atoms with van der Waals surface area (Å²) in [5.74, 6) is -0.918. The summed E-state index contributed by atoms with van der Waals surface area (Å²) in [5.41, 5.74) is 0.164. The van der Waals surface area contributed by atoms with Gasteiger partial charge in [0.25, 0.3) is 5.91 Å². The van der Waals surface area contributed by atoms with Crippen LogP contribution in [0, 0.1) is 23.1 Å². The summed E-state index contributed by atoms with van der Waals surface area (Å²) < 4.78 is 32.5. The number of carbonyl (C=O) groups is 1. The number of aryl methyl sites for hydroxylation is 1. The van der Waals surface area contributed by atoms with Gasteiger partial charge in [0.2, 0.25) is 0 Å². The number of nitrogens with one attached hydrogen (secondary N) is 1. The van der Waals surface area contributed by atoms with Gasteiger partial charge in [0.15, 0.2) is 11.4 Å². The van der Waals surface area contributed by atoms with Crippen LogP contribution >= 0.6 is 0 Å². The molecule has 2 unspecified atom stereocenters. The Labute approximate surface area is 165 Å². The van der Waals surface area contributed by atoms with Gasteiger partial charge in [-0.1, -0.05) is 13.0 Å². The Morgan fingerprint density at radius 2 is 2.29 bits per heavy atom. The molecule has 0 aliphatic heterocycles. The molecule has 0 fully saturated rings. The van der Waals surface area contributed by atoms with E-state index in [4.69, 9.17) is 15.1 Å². The topological polar surface area (TPSA) is 110 Å². The molecule has 3 N–H and O–H groups in total. The fraction of sp³-hybridized carbons (Fsp3) is 0.263. The first-order valence-electron chi connectivity index (χ1n) is 8.40. The third kappa shape index (κ3) is 4.85. The van der Waals surface area contributed by atoms with Gasteiger partial charge in [-0.3, -0.25) is 4.79 Å². The molecule has 0 spiro atoms. The van der Waals surface area contributed by atoms with Crippen LogP contribution in [-0.4, -0.2) is 21.3 Å². The number of amides is 1. The van der Waals surface area contributed by atoms with Gasteiger partial charge < -0.3 is 14.6 Å². The van der Waals surface area contributed by atoms with Crippen LogP contribution in [0.3, 0.4) is 0 Å². The molecule has 2 atom stereocenters. The van der Waals surface area contributed by atoms with E-state index in [1.807, 2.05) is 6.92 Å². The van der Waals surface area contributed by atoms with E-state index < -0.39 is 22.7 Å². The zero-order valence-electron chi connectivity index (χ0n) is 15.6. The average Bonchev–Trinajstić information content (AvgIpc) is 2.99. The lowest BCUT2D eigenvalue weighted by molar-refractivity contribution is 0.101. The largest absolute Gasteiger partial charge is 0.490 e. The van der Waals surface area contributed by atoms with Crippen molar-refractivity contribution < 1.29 is 18.1 Å². The maximum absolute atomic E-state index is 13.5. The molecule has 1 aromatic carbocycles. The molecule has 1 aromatic heterocycles. The zero-order valence-corrected chi connectivity index (χ0v) is 16.4. The fourth-order valence-electron chi connectivity index (χ4n) is 2.47. The van der Waals surface area contributed by atoms with E-state index in [0.717, 1.165) is 6.07 Å². The lowest BCUT2D eigenvalue weighted by Gasteiger charge is -2.12. The molecule has 1 heterocycles. The molecule has 0 saturated carbocycles. The first-order valence-corrected chi connectivity index (χ1v) is 9.61. The molecule has 1 amide bonds. The van der Waals surface area contributed by atoms with Crippen molar-refractivity contribution in [3.8, 4) is 11.8 Å². The molecule has 0 aliphatic carbocycles. The number of nitriles is 1. The molecule has 0 bridgehead atoms. The molecule has 148 valence electrons. The van der Waals surface area contributed by atoms with Crippen molar-refractivity contribution in [2.45, 2.75) is 18.2 Å². The van der Waals surface area contributed by atoms with Crippen LogP contribution in [0.25, 0.3) is 0 Å². The second kappa shape index (κ2) is 9.30. The van der Waals surface area contributed by atoms with E-state index >= 15 is 0 Å². The summed E-state index contributed by atoms with van der Waals surface area (Å²) in [6.07, 6.45) is 3.90. The van der Waals surface area contributed by atoms with Gasteiger partial charge in [-0.05, 0) is 30.5 Å². The van der Waals surface area contributed by atoms with Gasteiger partial charge in [-0.2, -0.15) is 5.26 Å². The summed E-state index contributed by atoms with van der Waals surface area (Å²) in [6.45, 7) is 5.95. The Balaban J connectivity index is 2.32. The highest BCUT2D eigenvalue weighted by molar-refractivity contribution is 7.82. The van der Waals surface area contributed by atoms with Crippen LogP contribution in [0.2, 0.25) is 0 Å². The van der Waals surface area contributed by atoms with Crippen LogP contribution in [0.15, 0.2) is 41.9 Å². The highest BCUT2D eigenvalue weighted by Gasteiger charge is 2.24. The molecule has 0 radical (unpaired) electrons. The first-order chi connectivity index (χ1) is 13.3. The second-order valence-electron chi connectivity index (χ2n) is 6.19. The Kier molecular flexibility index (Phi) is 7.09. The van der Waals surface area contributed by atoms with Crippen molar-refractivity contribution in [2.24, 2.45) is 18.1 Å². The Hall–Kier alpha value is -2.96. The summed E-state index contributed by atoms with van der Waals surface area (Å²) in [4.78, 5) is 13.0. The summed E-state index contributed by atoms with van der Waals surface area (Å²) in [5, 5.41) is 17.0. The Morgan fingerprint density at radius 1 is 1.57 bits per heavy atom. The normalized spacial score (nSPS) is 12.7. The minimum Gasteiger partial charge on any atom is -0.490 e. The van der Waals surface area contributed by atoms with Crippen molar-refractivity contribution in [2.75, 3.05) is 11.9 Å². The number of benzene rings is 1. The Morgan fingerprint density at radius 3 is 2.89 bits per heavy atom. The quantitative estimate of drug-likeness (QED) is 0.659. The standard InChI is InChI=1S/C19H21FN4O3S/c1-4-12(2)7-8-27-18-16(28(22)26)11-24(3)17(18)19(25)23-14-5-6-15(20)13(9-14)10-21/h4-6,9,11-12H,1,7-8,22H2,2-3H3,(H,23,25). The second-order valence-corrected chi connectivity index (χ2v) is 7.22. The van der Waals surface area contributed by atoms with Gasteiger partial charge in [-0.25, -0.2) is 13.7 Å². The fourth-order valence-corrected chi connectivity index (χ4v) is 3.07. The molecule has 2 rings (SSSR count). The minimum atomic E-state index is -1.86. The molecule has 9 heteroatoms. The lowest BCUT2D eigenvalue weighted by Crippen LogP contribution is -2.17. The number of ether oxygens (including phenoxy) is 1. The van der Waals surface area contributed by atoms with Crippen molar-refractivity contribution in [3.63, 3.8) is 0 Å². The number of allylic oxidation sites excluding steroid dienone is 1. The number of nitrogens with zero attached hydrogens (tertiary/aromatic N) is 2. The maximum Gasteiger partial charge on any atom is 0.276 e. The number of nitrogens with two attached hydrogens (primary N) is 1. The van der Waals surface area contributed by atoms with Crippen molar-refractivity contribution >= 4 is 22.6 Å². The third-order valence-corrected chi connectivity index (χ3v) is 4.83. The maximum atomic E-state index is 13.5. The van der Waals surface area contributed by atoms with Crippen molar-refractivity contribution in [3.05, 3.63) is 54.1 Å². The van der Waals surface area contributed by atoms with E-state index in [1.54, 1.807) is 19.2 Å². The van der Waals surface area contributed by atoms with Crippen LogP contribution in [0.4, 0.5) is 10.1 Å². The summed E-state index contributed by atoms with van der Waals surface area (Å²) in [7, 11) is -0.263. The highest BCUT2D eigenvalue weighted by atomic mass is 32.2. The first kappa shape index (κ1) is 21.3. The molecular formula is C19H21FN4O3S. The van der Waals surface area contributed by atoms with Crippen LogP contribution < -0.4 is 15.2 Å². The van der Waals surface area contributed by atoms with Gasteiger partial charge >= 0.3 is 0 Å². The van der Waals surface area contributed by atoms with Crippen molar-refractivity contribution in [1.82, 2.24) is 4.57 Å². The van der Waals surface area contributed by atoms with Crippen LogP contribution in [0.5, 0.6) is 5.75 Å².